The standard InChI is InChI=1S/C38H44FN5O3/c1-4-27-31(39)10-9-24-17-26(46)18-28(33(24)27)29-19-32-34(30-16-22(2)23(3)40-35(29)30)36(44-15-5-8-25(44)20-45)42-37(41-32)47-21-38-11-6-13-43(38)14-7-12-38/h9-10,16-19,22-23,25,45-46H,4-8,11-15,20-21H2,1-3H3. The number of aryl methyl sites for hydroxylation is 1. The van der Waals surface area contributed by atoms with Gasteiger partial charge in [-0.25, -0.2) is 4.39 Å². The summed E-state index contributed by atoms with van der Waals surface area (Å²) >= 11 is 0. The van der Waals surface area contributed by atoms with Crippen molar-refractivity contribution >= 4 is 33.6 Å². The van der Waals surface area contributed by atoms with Crippen LogP contribution >= 0.6 is 0 Å². The second kappa shape index (κ2) is 11.7. The van der Waals surface area contributed by atoms with Gasteiger partial charge in [-0.3, -0.25) is 9.89 Å². The molecule has 8 rings (SSSR count). The number of phenols is 1. The summed E-state index contributed by atoms with van der Waals surface area (Å²) in [5, 5.41) is 25.5. The van der Waals surface area contributed by atoms with Gasteiger partial charge < -0.3 is 19.8 Å². The second-order valence-electron chi connectivity index (χ2n) is 14.2. The molecule has 3 saturated heterocycles. The molecule has 2 N–H and O–H groups in total. The summed E-state index contributed by atoms with van der Waals surface area (Å²) in [7, 11) is 0. The van der Waals surface area contributed by atoms with E-state index < -0.39 is 0 Å². The van der Waals surface area contributed by atoms with Gasteiger partial charge in [0.2, 0.25) is 0 Å². The monoisotopic (exact) mass is 637 g/mol. The van der Waals surface area contributed by atoms with Crippen molar-refractivity contribution in [2.24, 2.45) is 10.9 Å². The first-order chi connectivity index (χ1) is 22.8. The van der Waals surface area contributed by atoms with Crippen molar-refractivity contribution in [3.8, 4) is 22.9 Å². The SMILES string of the molecule is CCc1c(F)ccc2cc(O)cc(-c3cc4nc(OCC56CCCN5CCC6)nc(N5CCCC5CO)c4c4c3=NC(C)C(C)C=4)c12. The maximum Gasteiger partial charge on any atom is 0.319 e. The van der Waals surface area contributed by atoms with Crippen LogP contribution in [0.4, 0.5) is 10.2 Å². The minimum absolute atomic E-state index is 0.0219. The lowest BCUT2D eigenvalue weighted by Gasteiger charge is -2.31. The van der Waals surface area contributed by atoms with Crippen LogP contribution in [0.2, 0.25) is 0 Å². The predicted octanol–water partition coefficient (Wildman–Crippen LogP) is 5.26. The van der Waals surface area contributed by atoms with E-state index in [1.165, 1.54) is 18.9 Å². The lowest BCUT2D eigenvalue weighted by Crippen LogP contribution is -2.43. The number of aliphatic hydroxyl groups excluding tert-OH is 1. The van der Waals surface area contributed by atoms with Crippen LogP contribution in [0, 0.1) is 11.7 Å². The van der Waals surface area contributed by atoms with E-state index in [1.807, 2.05) is 13.0 Å². The summed E-state index contributed by atoms with van der Waals surface area (Å²) in [5.74, 6) is 0.786. The number of halogens is 1. The summed E-state index contributed by atoms with van der Waals surface area (Å²) in [6, 6.07) is 8.99. The number of hydrogen-bond donors (Lipinski definition) is 2. The van der Waals surface area contributed by atoms with Crippen molar-refractivity contribution in [1.29, 1.82) is 0 Å². The normalized spacial score (nSPS) is 23.6. The van der Waals surface area contributed by atoms with Gasteiger partial charge in [-0.2, -0.15) is 9.97 Å². The first-order valence-corrected chi connectivity index (χ1v) is 17.4. The fourth-order valence-corrected chi connectivity index (χ4v) is 8.80. The number of aromatic hydroxyl groups is 1. The topological polar surface area (TPSA) is 94.3 Å². The number of phenolic OH excluding ortho intramolecular Hbond substituents is 1. The van der Waals surface area contributed by atoms with Gasteiger partial charge in [0.15, 0.2) is 0 Å². The molecule has 4 aromatic rings. The number of rotatable bonds is 7. The smallest absolute Gasteiger partial charge is 0.319 e. The molecule has 246 valence electrons. The van der Waals surface area contributed by atoms with Crippen molar-refractivity contribution in [1.82, 2.24) is 14.9 Å². The zero-order valence-corrected chi connectivity index (χ0v) is 27.6. The van der Waals surface area contributed by atoms with Gasteiger partial charge in [0, 0.05) is 17.3 Å². The van der Waals surface area contributed by atoms with Crippen molar-refractivity contribution in [3.63, 3.8) is 0 Å². The molecule has 47 heavy (non-hydrogen) atoms. The Bertz CT molecular complexity index is 2010. The fourth-order valence-electron chi connectivity index (χ4n) is 8.80. The lowest BCUT2D eigenvalue weighted by molar-refractivity contribution is 0.108. The molecule has 9 heteroatoms. The molecule has 1 aromatic heterocycles. The van der Waals surface area contributed by atoms with Gasteiger partial charge in [0.1, 0.15) is 24.0 Å². The van der Waals surface area contributed by atoms with E-state index in [-0.39, 0.29) is 41.7 Å². The van der Waals surface area contributed by atoms with Gasteiger partial charge >= 0.3 is 6.01 Å². The van der Waals surface area contributed by atoms with Gasteiger partial charge in [-0.1, -0.05) is 26.0 Å². The third kappa shape index (κ3) is 4.96. The van der Waals surface area contributed by atoms with E-state index in [0.717, 1.165) is 89.0 Å². The number of benzene rings is 3. The number of anilines is 1. The Morgan fingerprint density at radius 1 is 1.00 bits per heavy atom. The Hall–Kier alpha value is -3.82. The van der Waals surface area contributed by atoms with Crippen LogP contribution in [0.3, 0.4) is 0 Å². The highest BCUT2D eigenvalue weighted by molar-refractivity contribution is 6.03. The van der Waals surface area contributed by atoms with E-state index in [4.69, 9.17) is 19.7 Å². The quantitative estimate of drug-likeness (QED) is 0.286. The van der Waals surface area contributed by atoms with Gasteiger partial charge in [0.05, 0.1) is 40.5 Å². The molecule has 0 amide bonds. The highest BCUT2D eigenvalue weighted by atomic mass is 19.1. The molecule has 0 saturated carbocycles. The summed E-state index contributed by atoms with van der Waals surface area (Å²) in [6.45, 7) is 9.84. The van der Waals surface area contributed by atoms with Gasteiger partial charge in [-0.05, 0) is 117 Å². The number of nitrogens with zero attached hydrogens (tertiary/aromatic N) is 5. The van der Waals surface area contributed by atoms with Crippen LogP contribution in [0.5, 0.6) is 11.8 Å². The molecular formula is C38H44FN5O3. The van der Waals surface area contributed by atoms with E-state index >= 15 is 4.39 Å². The zero-order valence-electron chi connectivity index (χ0n) is 27.6. The Morgan fingerprint density at radius 2 is 1.81 bits per heavy atom. The first-order valence-electron chi connectivity index (χ1n) is 17.4. The molecule has 4 aliphatic rings. The molecule has 3 aromatic carbocycles. The lowest BCUT2D eigenvalue weighted by atomic mass is 9.89. The third-order valence-corrected chi connectivity index (χ3v) is 11.4. The van der Waals surface area contributed by atoms with Gasteiger partial charge in [0.25, 0.3) is 0 Å². The molecule has 0 aliphatic carbocycles. The van der Waals surface area contributed by atoms with Crippen LogP contribution in [-0.4, -0.2) is 75.6 Å². The van der Waals surface area contributed by atoms with Gasteiger partial charge in [-0.15, -0.1) is 0 Å². The Morgan fingerprint density at radius 3 is 2.57 bits per heavy atom. The Kier molecular flexibility index (Phi) is 7.60. The first kappa shape index (κ1) is 30.5. The van der Waals surface area contributed by atoms with E-state index in [2.05, 4.69) is 29.7 Å². The molecule has 8 nitrogen and oxygen atoms in total. The van der Waals surface area contributed by atoms with Crippen molar-refractivity contribution in [2.45, 2.75) is 83.3 Å². The van der Waals surface area contributed by atoms with Crippen LogP contribution in [0.25, 0.3) is 38.9 Å². The average Bonchev–Trinajstić information content (AvgIpc) is 3.80. The second-order valence-corrected chi connectivity index (χ2v) is 14.2. The van der Waals surface area contributed by atoms with E-state index in [0.29, 0.717) is 30.1 Å². The van der Waals surface area contributed by atoms with Crippen molar-refractivity contribution < 1.29 is 19.3 Å². The van der Waals surface area contributed by atoms with Crippen LogP contribution < -0.4 is 20.2 Å². The third-order valence-electron chi connectivity index (χ3n) is 11.4. The maximum absolute atomic E-state index is 15.3. The van der Waals surface area contributed by atoms with Crippen LogP contribution in [0.15, 0.2) is 35.3 Å². The molecule has 0 spiro atoms. The molecule has 0 radical (unpaired) electrons. The minimum Gasteiger partial charge on any atom is -0.508 e. The van der Waals surface area contributed by atoms with Crippen molar-refractivity contribution in [2.75, 3.05) is 37.7 Å². The van der Waals surface area contributed by atoms with Crippen LogP contribution in [-0.2, 0) is 6.42 Å². The molecule has 3 fully saturated rings. The molecule has 3 atom stereocenters. The summed E-state index contributed by atoms with van der Waals surface area (Å²) in [5.41, 5.74) is 2.90. The molecular weight excluding hydrogens is 593 g/mol. The number of ether oxygens (including phenoxy) is 1. The minimum atomic E-state index is -0.260. The summed E-state index contributed by atoms with van der Waals surface area (Å²) in [6.07, 6.45) is 9.23. The summed E-state index contributed by atoms with van der Waals surface area (Å²) in [4.78, 5) is 20.3. The number of aliphatic hydroxyl groups is 1. The number of hydrogen-bond acceptors (Lipinski definition) is 8. The predicted molar refractivity (Wildman–Crippen MR) is 183 cm³/mol. The maximum atomic E-state index is 15.3. The Labute approximate surface area is 274 Å². The van der Waals surface area contributed by atoms with Crippen molar-refractivity contribution in [3.05, 3.63) is 52.3 Å². The summed E-state index contributed by atoms with van der Waals surface area (Å²) < 4.78 is 21.9. The van der Waals surface area contributed by atoms with Crippen LogP contribution in [0.1, 0.15) is 64.9 Å². The molecule has 0 bridgehead atoms. The van der Waals surface area contributed by atoms with E-state index in [9.17, 15) is 10.2 Å². The highest BCUT2D eigenvalue weighted by Crippen LogP contribution is 2.40. The fraction of sp³-hybridized carbons (Fsp3) is 0.500. The average molecular weight is 638 g/mol. The molecule has 3 unspecified atom stereocenters. The zero-order chi connectivity index (χ0) is 32.4. The number of aromatic nitrogens is 2. The largest absolute Gasteiger partial charge is 0.508 e. The molecule has 4 aliphatic heterocycles. The van der Waals surface area contributed by atoms with E-state index in [1.54, 1.807) is 18.2 Å². The molecule has 5 heterocycles. The number of fused-ring (bicyclic) bond motifs is 5. The Balaban J connectivity index is 1.41. The highest BCUT2D eigenvalue weighted by Gasteiger charge is 2.45.